The van der Waals surface area contributed by atoms with Crippen molar-refractivity contribution in [2.24, 2.45) is 0 Å². The molecular formula is C30H28N4O3S3. The van der Waals surface area contributed by atoms with Gasteiger partial charge in [0, 0.05) is 38.9 Å². The van der Waals surface area contributed by atoms with Crippen molar-refractivity contribution in [2.75, 3.05) is 17.7 Å². The number of hydrogen-bond donors (Lipinski definition) is 1. The summed E-state index contributed by atoms with van der Waals surface area (Å²) < 4.78 is 7.35. The monoisotopic (exact) mass is 588 g/mol. The zero-order chi connectivity index (χ0) is 28.1. The molecule has 0 fully saturated rings. The fourth-order valence-electron chi connectivity index (χ4n) is 4.44. The lowest BCUT2D eigenvalue weighted by atomic mass is 10.0. The highest BCUT2D eigenvalue weighted by Crippen LogP contribution is 2.39. The van der Waals surface area contributed by atoms with E-state index in [9.17, 15) is 9.59 Å². The molecule has 204 valence electrons. The van der Waals surface area contributed by atoms with Crippen LogP contribution in [0.3, 0.4) is 0 Å². The van der Waals surface area contributed by atoms with Gasteiger partial charge in [-0.3, -0.25) is 4.79 Å². The summed E-state index contributed by atoms with van der Waals surface area (Å²) in [5, 5.41) is 17.0. The molecule has 10 heteroatoms. The lowest BCUT2D eigenvalue weighted by molar-refractivity contribution is -0.113. The standard InChI is InChI=1S/C30H28N4O3S3/c1-4-34-27(23-17-38-19(3)25(23)21-14-10-7-11-15-21)32-33-30(34)40-18-24(35)31-28-26(29(36)37-5-2)22(16-39-28)20-12-8-6-9-13-20/h6-17H,4-5,18H2,1-3H3,(H,31,35). The molecule has 1 N–H and O–H groups in total. The van der Waals surface area contributed by atoms with Gasteiger partial charge in [0.15, 0.2) is 11.0 Å². The number of anilines is 1. The highest BCUT2D eigenvalue weighted by Gasteiger charge is 2.24. The molecule has 0 saturated heterocycles. The van der Waals surface area contributed by atoms with Crippen molar-refractivity contribution in [3.05, 3.63) is 81.9 Å². The van der Waals surface area contributed by atoms with Crippen LogP contribution < -0.4 is 5.32 Å². The molecule has 0 aliphatic rings. The van der Waals surface area contributed by atoms with E-state index < -0.39 is 5.97 Å². The molecule has 0 atom stereocenters. The smallest absolute Gasteiger partial charge is 0.341 e. The number of amides is 1. The largest absolute Gasteiger partial charge is 0.462 e. The van der Waals surface area contributed by atoms with E-state index in [2.05, 4.69) is 40.0 Å². The van der Waals surface area contributed by atoms with E-state index in [1.165, 1.54) is 28.0 Å². The van der Waals surface area contributed by atoms with Gasteiger partial charge in [-0.25, -0.2) is 4.79 Å². The van der Waals surface area contributed by atoms with E-state index >= 15 is 0 Å². The van der Waals surface area contributed by atoms with Crippen molar-refractivity contribution >= 4 is 51.3 Å². The number of thioether (sulfide) groups is 1. The second-order valence-electron chi connectivity index (χ2n) is 8.77. The molecule has 1 amide bonds. The van der Waals surface area contributed by atoms with Crippen molar-refractivity contribution in [1.29, 1.82) is 0 Å². The molecular weight excluding hydrogens is 561 g/mol. The Bertz CT molecular complexity index is 1620. The Hall–Kier alpha value is -3.73. The zero-order valence-corrected chi connectivity index (χ0v) is 24.8. The number of rotatable bonds is 10. The van der Waals surface area contributed by atoms with E-state index in [-0.39, 0.29) is 18.3 Å². The average Bonchev–Trinajstić information content (AvgIpc) is 3.69. The third kappa shape index (κ3) is 5.74. The molecule has 3 heterocycles. The van der Waals surface area contributed by atoms with Crippen LogP contribution in [-0.2, 0) is 16.1 Å². The summed E-state index contributed by atoms with van der Waals surface area (Å²) in [6, 6.07) is 19.9. The van der Waals surface area contributed by atoms with Crippen molar-refractivity contribution in [3.8, 4) is 33.6 Å². The second-order valence-corrected chi connectivity index (χ2v) is 11.7. The summed E-state index contributed by atoms with van der Waals surface area (Å²) in [6.45, 7) is 6.83. The number of esters is 1. The molecule has 0 spiro atoms. The third-order valence-corrected chi connectivity index (χ3v) is 9.03. The number of nitrogens with one attached hydrogen (secondary N) is 1. The maximum Gasteiger partial charge on any atom is 0.341 e. The van der Waals surface area contributed by atoms with Gasteiger partial charge in [0.05, 0.1) is 12.4 Å². The minimum Gasteiger partial charge on any atom is -0.462 e. The van der Waals surface area contributed by atoms with Gasteiger partial charge < -0.3 is 14.6 Å². The van der Waals surface area contributed by atoms with Crippen LogP contribution in [0.15, 0.2) is 76.6 Å². The van der Waals surface area contributed by atoms with Crippen LogP contribution >= 0.6 is 34.4 Å². The molecule has 0 bridgehead atoms. The third-order valence-electron chi connectivity index (χ3n) is 6.25. The number of aryl methyl sites for hydroxylation is 1. The van der Waals surface area contributed by atoms with Gasteiger partial charge in [-0.05, 0) is 31.9 Å². The Balaban J connectivity index is 1.35. The van der Waals surface area contributed by atoms with Gasteiger partial charge >= 0.3 is 5.97 Å². The SMILES string of the molecule is CCOC(=O)c1c(-c2ccccc2)csc1NC(=O)CSc1nnc(-c2csc(C)c2-c2ccccc2)n1CC. The normalized spacial score (nSPS) is 11.0. The molecule has 5 aromatic rings. The quantitative estimate of drug-likeness (QED) is 0.133. The predicted molar refractivity (Wildman–Crippen MR) is 164 cm³/mol. The maximum absolute atomic E-state index is 13.0. The number of aromatic nitrogens is 3. The molecule has 40 heavy (non-hydrogen) atoms. The first-order chi connectivity index (χ1) is 19.5. The van der Waals surface area contributed by atoms with E-state index in [4.69, 9.17) is 4.74 Å². The lowest BCUT2D eigenvalue weighted by Gasteiger charge is -2.10. The number of ether oxygens (including phenoxy) is 1. The van der Waals surface area contributed by atoms with Gasteiger partial charge in [0.1, 0.15) is 10.6 Å². The van der Waals surface area contributed by atoms with E-state index in [0.717, 1.165) is 33.6 Å². The molecule has 7 nitrogen and oxygen atoms in total. The van der Waals surface area contributed by atoms with E-state index in [1.54, 1.807) is 18.3 Å². The number of carbonyl (C=O) groups excluding carboxylic acids is 2. The summed E-state index contributed by atoms with van der Waals surface area (Å²) >= 11 is 4.32. The van der Waals surface area contributed by atoms with Gasteiger partial charge in [-0.1, -0.05) is 72.4 Å². The molecule has 0 aliphatic carbocycles. The Morgan fingerprint density at radius 2 is 1.60 bits per heavy atom. The minimum atomic E-state index is -0.457. The van der Waals surface area contributed by atoms with Crippen LogP contribution in [0.4, 0.5) is 5.00 Å². The fraction of sp³-hybridized carbons (Fsp3) is 0.200. The van der Waals surface area contributed by atoms with Crippen LogP contribution in [0.25, 0.3) is 33.6 Å². The lowest BCUT2D eigenvalue weighted by Crippen LogP contribution is -2.16. The van der Waals surface area contributed by atoms with Crippen LogP contribution in [0, 0.1) is 6.92 Å². The van der Waals surface area contributed by atoms with Crippen LogP contribution in [0.5, 0.6) is 0 Å². The number of thiophene rings is 2. The summed E-state index contributed by atoms with van der Waals surface area (Å²) in [6.07, 6.45) is 0. The number of nitrogens with zero attached hydrogens (tertiary/aromatic N) is 3. The van der Waals surface area contributed by atoms with E-state index in [1.807, 2.05) is 65.4 Å². The van der Waals surface area contributed by atoms with Gasteiger partial charge in [-0.15, -0.1) is 32.9 Å². The Morgan fingerprint density at radius 1 is 0.925 bits per heavy atom. The first-order valence-corrected chi connectivity index (χ1v) is 15.6. The molecule has 0 aliphatic heterocycles. The van der Waals surface area contributed by atoms with Crippen molar-refractivity contribution in [2.45, 2.75) is 32.5 Å². The van der Waals surface area contributed by atoms with Crippen molar-refractivity contribution in [1.82, 2.24) is 14.8 Å². The second kappa shape index (κ2) is 12.6. The summed E-state index contributed by atoms with van der Waals surface area (Å²) in [7, 11) is 0. The first-order valence-electron chi connectivity index (χ1n) is 12.9. The molecule has 0 unspecified atom stereocenters. The Kier molecular flexibility index (Phi) is 8.78. The van der Waals surface area contributed by atoms with Crippen molar-refractivity contribution < 1.29 is 14.3 Å². The van der Waals surface area contributed by atoms with Gasteiger partial charge in [0.25, 0.3) is 0 Å². The highest BCUT2D eigenvalue weighted by atomic mass is 32.2. The van der Waals surface area contributed by atoms with Gasteiger partial charge in [0.2, 0.25) is 5.91 Å². The predicted octanol–water partition coefficient (Wildman–Crippen LogP) is 7.64. The topological polar surface area (TPSA) is 86.1 Å². The summed E-state index contributed by atoms with van der Waals surface area (Å²) in [4.78, 5) is 27.1. The van der Waals surface area contributed by atoms with Gasteiger partial charge in [-0.2, -0.15) is 0 Å². The Labute approximate surface area is 245 Å². The summed E-state index contributed by atoms with van der Waals surface area (Å²) in [5.41, 5.74) is 5.32. The maximum atomic E-state index is 13.0. The molecule has 2 aromatic carbocycles. The van der Waals surface area contributed by atoms with Crippen LogP contribution in [0.1, 0.15) is 29.1 Å². The number of carbonyl (C=O) groups is 2. The highest BCUT2D eigenvalue weighted by molar-refractivity contribution is 7.99. The minimum absolute atomic E-state index is 0.118. The molecule has 5 rings (SSSR count). The van der Waals surface area contributed by atoms with E-state index in [0.29, 0.717) is 22.3 Å². The molecule has 3 aromatic heterocycles. The summed E-state index contributed by atoms with van der Waals surface area (Å²) in [5.74, 6) is 0.207. The molecule has 0 radical (unpaired) electrons. The molecule has 0 saturated carbocycles. The van der Waals surface area contributed by atoms with Crippen molar-refractivity contribution in [3.63, 3.8) is 0 Å². The zero-order valence-electron chi connectivity index (χ0n) is 22.3. The number of benzene rings is 2. The van der Waals surface area contributed by atoms with Crippen LogP contribution in [0.2, 0.25) is 0 Å². The first kappa shape index (κ1) is 27.8. The number of hydrogen-bond acceptors (Lipinski definition) is 8. The van der Waals surface area contributed by atoms with Crippen LogP contribution in [-0.4, -0.2) is 39.0 Å². The fourth-order valence-corrected chi connectivity index (χ4v) is 7.08. The Morgan fingerprint density at radius 3 is 2.27 bits per heavy atom. The average molecular weight is 589 g/mol.